The molecule has 3 heteroatoms. The van der Waals surface area contributed by atoms with Crippen molar-refractivity contribution >= 4 is 6.16 Å². The van der Waals surface area contributed by atoms with Crippen molar-refractivity contribution < 1.29 is 14.3 Å². The summed E-state index contributed by atoms with van der Waals surface area (Å²) in [5.41, 5.74) is 3.51. The smallest absolute Gasteiger partial charge is 0.430 e. The van der Waals surface area contributed by atoms with Gasteiger partial charge in [-0.05, 0) is 115 Å². The summed E-state index contributed by atoms with van der Waals surface area (Å²) in [4.78, 5) is 12.6. The third-order valence-electron chi connectivity index (χ3n) is 12.0. The summed E-state index contributed by atoms with van der Waals surface area (Å²) in [6, 6.07) is 7.75. The van der Waals surface area contributed by atoms with Gasteiger partial charge in [0.2, 0.25) is 0 Å². The summed E-state index contributed by atoms with van der Waals surface area (Å²) in [5.74, 6) is 5.67. The van der Waals surface area contributed by atoms with Crippen LogP contribution in [0.25, 0.3) is 0 Å². The summed E-state index contributed by atoms with van der Waals surface area (Å²) in [7, 11) is 0. The van der Waals surface area contributed by atoms with E-state index in [0.717, 1.165) is 66.8 Å². The fourth-order valence-electron chi connectivity index (χ4n) is 9.84. The monoisotopic (exact) mass is 534 g/mol. The Morgan fingerprint density at radius 3 is 2.62 bits per heavy atom. The number of rotatable bonds is 8. The molecule has 4 aliphatic rings. The SMILES string of the molecule is CCc1cccc(OC(=O)OC2CCC3(C)C(=CCC4C3CCC3(C)C(C(C)CCCC(C)C)CCC43)C2)c1. The normalized spacial score (nSPS) is 36.4. The molecule has 1 aromatic carbocycles. The molecule has 0 aliphatic heterocycles. The van der Waals surface area contributed by atoms with Crippen LogP contribution in [-0.4, -0.2) is 12.3 Å². The Balaban J connectivity index is 1.21. The van der Waals surface area contributed by atoms with Crippen LogP contribution in [0.2, 0.25) is 0 Å². The van der Waals surface area contributed by atoms with Gasteiger partial charge in [0, 0.05) is 6.42 Å². The first-order chi connectivity index (χ1) is 18.6. The van der Waals surface area contributed by atoms with Crippen molar-refractivity contribution in [2.24, 2.45) is 46.3 Å². The quantitative estimate of drug-likeness (QED) is 0.189. The average Bonchev–Trinajstić information content (AvgIpc) is 3.26. The van der Waals surface area contributed by atoms with Crippen molar-refractivity contribution in [3.05, 3.63) is 41.5 Å². The molecule has 1 aromatic rings. The molecule has 4 aliphatic carbocycles. The number of ether oxygens (including phenoxy) is 2. The van der Waals surface area contributed by atoms with Crippen LogP contribution in [-0.2, 0) is 11.2 Å². The van der Waals surface area contributed by atoms with Crippen molar-refractivity contribution in [2.45, 2.75) is 125 Å². The molecule has 216 valence electrons. The van der Waals surface area contributed by atoms with Crippen molar-refractivity contribution in [1.82, 2.24) is 0 Å². The number of benzene rings is 1. The third kappa shape index (κ3) is 5.71. The van der Waals surface area contributed by atoms with Gasteiger partial charge in [-0.1, -0.05) is 84.6 Å². The molecule has 5 rings (SSSR count). The standard InChI is InChI=1S/C36H54O3/c1-7-26-12-9-13-28(22-26)38-34(37)39-29-18-20-35(5)27(23-29)14-15-30-32-17-16-31(25(4)11-8-10-24(2)3)36(32,6)21-19-33(30)35/h9,12-14,22,24-25,29-33H,7-8,10-11,15-21,23H2,1-6H3. The maximum Gasteiger partial charge on any atom is 0.514 e. The maximum atomic E-state index is 12.6. The fourth-order valence-corrected chi connectivity index (χ4v) is 9.84. The molecule has 3 fully saturated rings. The molecule has 8 unspecified atom stereocenters. The van der Waals surface area contributed by atoms with Gasteiger partial charge in [-0.3, -0.25) is 0 Å². The lowest BCUT2D eigenvalue weighted by atomic mass is 9.47. The molecule has 0 spiro atoms. The van der Waals surface area contributed by atoms with Crippen molar-refractivity contribution in [3.8, 4) is 5.75 Å². The van der Waals surface area contributed by atoms with E-state index in [1.165, 1.54) is 51.4 Å². The van der Waals surface area contributed by atoms with Gasteiger partial charge in [0.25, 0.3) is 0 Å². The highest BCUT2D eigenvalue weighted by Crippen LogP contribution is 2.67. The highest BCUT2D eigenvalue weighted by Gasteiger charge is 2.59. The first kappa shape index (κ1) is 28.7. The lowest BCUT2D eigenvalue weighted by Gasteiger charge is -2.58. The van der Waals surface area contributed by atoms with E-state index in [1.807, 2.05) is 18.2 Å². The van der Waals surface area contributed by atoms with Crippen LogP contribution in [0.1, 0.15) is 118 Å². The Morgan fingerprint density at radius 2 is 1.85 bits per heavy atom. The molecular formula is C36H54O3. The van der Waals surface area contributed by atoms with Crippen LogP contribution in [0.5, 0.6) is 5.75 Å². The van der Waals surface area contributed by atoms with Crippen molar-refractivity contribution in [2.75, 3.05) is 0 Å². The van der Waals surface area contributed by atoms with Gasteiger partial charge in [-0.2, -0.15) is 0 Å². The molecule has 0 saturated heterocycles. The van der Waals surface area contributed by atoms with Gasteiger partial charge in [-0.15, -0.1) is 0 Å². The molecule has 0 aromatic heterocycles. The minimum absolute atomic E-state index is 0.0702. The summed E-state index contributed by atoms with van der Waals surface area (Å²) in [6.07, 6.45) is 16.9. The number of allylic oxidation sites excluding steroid dienone is 1. The number of fused-ring (bicyclic) bond motifs is 5. The Bertz CT molecular complexity index is 1040. The second-order valence-electron chi connectivity index (χ2n) is 14.6. The van der Waals surface area contributed by atoms with E-state index in [4.69, 9.17) is 9.47 Å². The fraction of sp³-hybridized carbons (Fsp3) is 0.750. The Morgan fingerprint density at radius 1 is 1.03 bits per heavy atom. The molecular weight excluding hydrogens is 480 g/mol. The average molecular weight is 535 g/mol. The Labute approximate surface area is 238 Å². The lowest BCUT2D eigenvalue weighted by molar-refractivity contribution is -0.0597. The second kappa shape index (κ2) is 11.6. The van der Waals surface area contributed by atoms with Gasteiger partial charge in [0.05, 0.1) is 0 Å². The predicted molar refractivity (Wildman–Crippen MR) is 160 cm³/mol. The summed E-state index contributed by atoms with van der Waals surface area (Å²) in [6.45, 7) is 14.6. The van der Waals surface area contributed by atoms with Gasteiger partial charge in [0.1, 0.15) is 11.9 Å². The largest absolute Gasteiger partial charge is 0.514 e. The van der Waals surface area contributed by atoms with Gasteiger partial charge < -0.3 is 9.47 Å². The molecule has 0 N–H and O–H groups in total. The van der Waals surface area contributed by atoms with Crippen LogP contribution in [0.15, 0.2) is 35.9 Å². The zero-order valence-corrected chi connectivity index (χ0v) is 25.6. The zero-order chi connectivity index (χ0) is 27.8. The second-order valence-corrected chi connectivity index (χ2v) is 14.6. The van der Waals surface area contributed by atoms with Crippen molar-refractivity contribution in [1.29, 1.82) is 0 Å². The summed E-state index contributed by atoms with van der Waals surface area (Å²) >= 11 is 0. The third-order valence-corrected chi connectivity index (χ3v) is 12.0. The van der Waals surface area contributed by atoms with E-state index in [2.05, 4.69) is 53.7 Å². The number of hydrogen-bond donors (Lipinski definition) is 0. The molecule has 39 heavy (non-hydrogen) atoms. The molecule has 0 heterocycles. The molecule has 0 amide bonds. The number of aryl methyl sites for hydroxylation is 1. The topological polar surface area (TPSA) is 35.5 Å². The molecule has 0 bridgehead atoms. The summed E-state index contributed by atoms with van der Waals surface area (Å²) < 4.78 is 11.4. The van der Waals surface area contributed by atoms with E-state index in [-0.39, 0.29) is 11.5 Å². The van der Waals surface area contributed by atoms with E-state index in [1.54, 1.807) is 5.57 Å². The number of carbonyl (C=O) groups is 1. The molecule has 0 radical (unpaired) electrons. The highest BCUT2D eigenvalue weighted by molar-refractivity contribution is 5.64. The van der Waals surface area contributed by atoms with Crippen LogP contribution in [0.4, 0.5) is 4.79 Å². The van der Waals surface area contributed by atoms with Crippen LogP contribution < -0.4 is 4.74 Å². The van der Waals surface area contributed by atoms with E-state index in [0.29, 0.717) is 11.2 Å². The Hall–Kier alpha value is -1.77. The summed E-state index contributed by atoms with van der Waals surface area (Å²) in [5, 5.41) is 0. The molecule has 3 saturated carbocycles. The lowest BCUT2D eigenvalue weighted by Crippen LogP contribution is -2.51. The minimum Gasteiger partial charge on any atom is -0.430 e. The van der Waals surface area contributed by atoms with Crippen molar-refractivity contribution in [3.63, 3.8) is 0 Å². The van der Waals surface area contributed by atoms with E-state index in [9.17, 15) is 4.79 Å². The van der Waals surface area contributed by atoms with E-state index < -0.39 is 6.16 Å². The number of hydrogen-bond acceptors (Lipinski definition) is 3. The van der Waals surface area contributed by atoms with E-state index >= 15 is 0 Å². The highest BCUT2D eigenvalue weighted by atomic mass is 16.7. The van der Waals surface area contributed by atoms with Crippen LogP contribution in [0, 0.1) is 46.3 Å². The van der Waals surface area contributed by atoms with Gasteiger partial charge >= 0.3 is 6.16 Å². The first-order valence-electron chi connectivity index (χ1n) is 16.3. The first-order valence-corrected chi connectivity index (χ1v) is 16.3. The predicted octanol–water partition coefficient (Wildman–Crippen LogP) is 10.2. The number of carbonyl (C=O) groups excluding carboxylic acids is 1. The van der Waals surface area contributed by atoms with Gasteiger partial charge in [-0.25, -0.2) is 4.79 Å². The van der Waals surface area contributed by atoms with Gasteiger partial charge in [0.15, 0.2) is 0 Å². The zero-order valence-electron chi connectivity index (χ0n) is 25.6. The molecule has 8 atom stereocenters. The van der Waals surface area contributed by atoms with Crippen LogP contribution >= 0.6 is 0 Å². The maximum absolute atomic E-state index is 12.6. The molecule has 3 nitrogen and oxygen atoms in total. The minimum atomic E-state index is -0.556. The Kier molecular flexibility index (Phi) is 8.56. The van der Waals surface area contributed by atoms with Crippen LogP contribution in [0.3, 0.4) is 0 Å².